The summed E-state index contributed by atoms with van der Waals surface area (Å²) in [5.41, 5.74) is 0. The van der Waals surface area contributed by atoms with Crippen molar-refractivity contribution in [2.45, 2.75) is 18.2 Å². The number of sulfonamides is 1. The molecule has 2 N–H and O–H groups in total. The van der Waals surface area contributed by atoms with Crippen LogP contribution in [0.15, 0.2) is 40.2 Å². The van der Waals surface area contributed by atoms with Crippen molar-refractivity contribution in [2.75, 3.05) is 46.4 Å². The van der Waals surface area contributed by atoms with Gasteiger partial charge in [-0.1, -0.05) is 18.2 Å². The molecule has 0 aliphatic carbocycles. The molecule has 1 heterocycles. The van der Waals surface area contributed by atoms with Crippen LogP contribution >= 0.6 is 0 Å². The fourth-order valence-electron chi connectivity index (χ4n) is 2.85. The molecule has 8 heteroatoms. The third-order valence-corrected chi connectivity index (χ3v) is 5.52. The standard InChI is InChI=1S/C17H28N4O3S/c1-3-18-17(21-12-9-15(13-21)14-24-2)19-10-11-20-25(22,23)16-7-5-4-6-8-16/h4-8,15,20H,3,9-14H2,1-2H3,(H,18,19). The van der Waals surface area contributed by atoms with E-state index in [1.165, 1.54) is 0 Å². The van der Waals surface area contributed by atoms with Crippen LogP contribution in [-0.4, -0.2) is 65.7 Å². The van der Waals surface area contributed by atoms with Gasteiger partial charge < -0.3 is 15.0 Å². The Morgan fingerprint density at radius 3 is 2.80 bits per heavy atom. The highest BCUT2D eigenvalue weighted by molar-refractivity contribution is 7.89. The number of benzene rings is 1. The number of likely N-dealkylation sites (tertiary alicyclic amines) is 1. The molecule has 1 aliphatic heterocycles. The van der Waals surface area contributed by atoms with Crippen molar-refractivity contribution >= 4 is 16.0 Å². The molecular weight excluding hydrogens is 340 g/mol. The molecule has 0 saturated carbocycles. The molecule has 7 nitrogen and oxygen atoms in total. The van der Waals surface area contributed by atoms with Crippen LogP contribution < -0.4 is 10.0 Å². The number of nitrogens with zero attached hydrogens (tertiary/aromatic N) is 2. The Kier molecular flexibility index (Phi) is 7.67. The van der Waals surface area contributed by atoms with E-state index in [4.69, 9.17) is 4.74 Å². The van der Waals surface area contributed by atoms with E-state index in [1.807, 2.05) is 6.92 Å². The summed E-state index contributed by atoms with van der Waals surface area (Å²) < 4.78 is 32.2. The average molecular weight is 369 g/mol. The SMILES string of the molecule is CCNC(=NCCNS(=O)(=O)c1ccccc1)N1CCC(COC)C1. The zero-order valence-electron chi connectivity index (χ0n) is 14.9. The van der Waals surface area contributed by atoms with Crippen LogP contribution in [0.2, 0.25) is 0 Å². The van der Waals surface area contributed by atoms with Gasteiger partial charge in [0.15, 0.2) is 5.96 Å². The fraction of sp³-hybridized carbons (Fsp3) is 0.588. The van der Waals surface area contributed by atoms with Gasteiger partial charge in [-0.05, 0) is 25.5 Å². The van der Waals surface area contributed by atoms with Gasteiger partial charge in [-0.3, -0.25) is 4.99 Å². The van der Waals surface area contributed by atoms with Crippen LogP contribution in [0.4, 0.5) is 0 Å². The van der Waals surface area contributed by atoms with E-state index in [1.54, 1.807) is 37.4 Å². The molecule has 1 unspecified atom stereocenters. The highest BCUT2D eigenvalue weighted by atomic mass is 32.2. The van der Waals surface area contributed by atoms with Crippen molar-refractivity contribution in [2.24, 2.45) is 10.9 Å². The van der Waals surface area contributed by atoms with Gasteiger partial charge in [0.05, 0.1) is 18.0 Å². The van der Waals surface area contributed by atoms with Crippen LogP contribution in [0.25, 0.3) is 0 Å². The molecule has 0 radical (unpaired) electrons. The second-order valence-corrected chi connectivity index (χ2v) is 7.77. The Bertz CT molecular complexity index is 649. The quantitative estimate of drug-likeness (QED) is 0.405. The second-order valence-electron chi connectivity index (χ2n) is 6.00. The predicted molar refractivity (Wildman–Crippen MR) is 99.2 cm³/mol. The van der Waals surface area contributed by atoms with E-state index in [0.29, 0.717) is 12.5 Å². The first-order valence-corrected chi connectivity index (χ1v) is 10.1. The van der Waals surface area contributed by atoms with Crippen molar-refractivity contribution in [3.63, 3.8) is 0 Å². The summed E-state index contributed by atoms with van der Waals surface area (Å²) in [5.74, 6) is 1.35. The summed E-state index contributed by atoms with van der Waals surface area (Å²) in [7, 11) is -1.75. The maximum atomic E-state index is 12.2. The molecule has 1 aromatic carbocycles. The molecule has 0 spiro atoms. The minimum absolute atomic E-state index is 0.265. The van der Waals surface area contributed by atoms with Crippen LogP contribution in [0.1, 0.15) is 13.3 Å². The Labute approximate surface area is 150 Å². The lowest BCUT2D eigenvalue weighted by Gasteiger charge is -2.21. The molecular formula is C17H28N4O3S. The van der Waals surface area contributed by atoms with E-state index >= 15 is 0 Å². The van der Waals surface area contributed by atoms with Gasteiger partial charge in [-0.2, -0.15) is 0 Å². The highest BCUT2D eigenvalue weighted by Crippen LogP contribution is 2.16. The number of rotatable bonds is 8. The maximum Gasteiger partial charge on any atom is 0.240 e. The molecule has 0 aromatic heterocycles. The van der Waals surface area contributed by atoms with Crippen LogP contribution in [0.5, 0.6) is 0 Å². The molecule has 1 aliphatic rings. The summed E-state index contributed by atoms with van der Waals surface area (Å²) >= 11 is 0. The molecule has 1 saturated heterocycles. The number of hydrogen-bond donors (Lipinski definition) is 2. The highest BCUT2D eigenvalue weighted by Gasteiger charge is 2.24. The van der Waals surface area contributed by atoms with Gasteiger partial charge in [0.1, 0.15) is 0 Å². The van der Waals surface area contributed by atoms with Crippen molar-refractivity contribution < 1.29 is 13.2 Å². The van der Waals surface area contributed by atoms with E-state index in [0.717, 1.165) is 38.6 Å². The van der Waals surface area contributed by atoms with Gasteiger partial charge in [0.2, 0.25) is 10.0 Å². The monoisotopic (exact) mass is 368 g/mol. The number of aliphatic imine (C=N–C) groups is 1. The lowest BCUT2D eigenvalue weighted by Crippen LogP contribution is -2.40. The first-order chi connectivity index (χ1) is 12.1. The number of nitrogens with one attached hydrogen (secondary N) is 2. The van der Waals surface area contributed by atoms with Crippen LogP contribution in [0, 0.1) is 5.92 Å². The van der Waals surface area contributed by atoms with E-state index in [-0.39, 0.29) is 11.4 Å². The normalized spacial score (nSPS) is 18.6. The van der Waals surface area contributed by atoms with E-state index in [9.17, 15) is 8.42 Å². The Morgan fingerprint density at radius 2 is 2.12 bits per heavy atom. The topological polar surface area (TPSA) is 83.0 Å². The van der Waals surface area contributed by atoms with Gasteiger partial charge in [-0.15, -0.1) is 0 Å². The molecule has 0 amide bonds. The van der Waals surface area contributed by atoms with Crippen molar-refractivity contribution in [3.8, 4) is 0 Å². The zero-order chi connectivity index (χ0) is 18.1. The van der Waals surface area contributed by atoms with E-state index in [2.05, 4.69) is 19.9 Å². The molecule has 2 rings (SSSR count). The smallest absolute Gasteiger partial charge is 0.240 e. The zero-order valence-corrected chi connectivity index (χ0v) is 15.8. The molecule has 140 valence electrons. The summed E-state index contributed by atoms with van der Waals surface area (Å²) in [5, 5.41) is 3.27. The third-order valence-electron chi connectivity index (χ3n) is 4.04. The lowest BCUT2D eigenvalue weighted by molar-refractivity contribution is 0.157. The number of hydrogen-bond acceptors (Lipinski definition) is 4. The minimum Gasteiger partial charge on any atom is -0.384 e. The molecule has 1 fully saturated rings. The predicted octanol–water partition coefficient (Wildman–Crippen LogP) is 0.899. The summed E-state index contributed by atoms with van der Waals surface area (Å²) in [6, 6.07) is 8.37. The van der Waals surface area contributed by atoms with E-state index < -0.39 is 10.0 Å². The first-order valence-electron chi connectivity index (χ1n) is 8.63. The molecule has 0 bridgehead atoms. The molecule has 1 atom stereocenters. The number of guanidine groups is 1. The average Bonchev–Trinajstić information content (AvgIpc) is 3.07. The summed E-state index contributed by atoms with van der Waals surface area (Å²) in [4.78, 5) is 7.03. The largest absolute Gasteiger partial charge is 0.384 e. The summed E-state index contributed by atoms with van der Waals surface area (Å²) in [6.45, 7) is 6.06. The van der Waals surface area contributed by atoms with Gasteiger partial charge in [0.25, 0.3) is 0 Å². The number of methoxy groups -OCH3 is 1. The second kappa shape index (κ2) is 9.74. The Balaban J connectivity index is 1.87. The molecule has 25 heavy (non-hydrogen) atoms. The minimum atomic E-state index is -3.48. The lowest BCUT2D eigenvalue weighted by atomic mass is 10.1. The summed E-state index contributed by atoms with van der Waals surface area (Å²) in [6.07, 6.45) is 1.08. The molecule has 1 aromatic rings. The fourth-order valence-corrected chi connectivity index (χ4v) is 3.89. The Hall–Kier alpha value is -1.64. The van der Waals surface area contributed by atoms with Gasteiger partial charge in [0, 0.05) is 39.2 Å². The van der Waals surface area contributed by atoms with Crippen LogP contribution in [0.3, 0.4) is 0 Å². The first kappa shape index (κ1) is 19.7. The Morgan fingerprint density at radius 1 is 1.36 bits per heavy atom. The van der Waals surface area contributed by atoms with Gasteiger partial charge in [-0.25, -0.2) is 13.1 Å². The van der Waals surface area contributed by atoms with Crippen molar-refractivity contribution in [1.82, 2.24) is 14.9 Å². The number of ether oxygens (including phenoxy) is 1. The van der Waals surface area contributed by atoms with Crippen molar-refractivity contribution in [3.05, 3.63) is 30.3 Å². The van der Waals surface area contributed by atoms with Crippen molar-refractivity contribution in [1.29, 1.82) is 0 Å². The van der Waals surface area contributed by atoms with Crippen LogP contribution in [-0.2, 0) is 14.8 Å². The van der Waals surface area contributed by atoms with Gasteiger partial charge >= 0.3 is 0 Å². The third kappa shape index (κ3) is 5.98. The maximum absolute atomic E-state index is 12.2.